The molecule has 0 saturated heterocycles. The molecule has 148 valence electrons. The van der Waals surface area contributed by atoms with E-state index in [4.69, 9.17) is 4.74 Å². The molecular formula is C21H24N2O5. The molecular weight excluding hydrogens is 360 g/mol. The number of benzene rings is 2. The van der Waals surface area contributed by atoms with Gasteiger partial charge >= 0.3 is 12.1 Å². The van der Waals surface area contributed by atoms with Gasteiger partial charge < -0.3 is 15.2 Å². The summed E-state index contributed by atoms with van der Waals surface area (Å²) in [6.45, 7) is 5.49. The van der Waals surface area contributed by atoms with E-state index in [9.17, 15) is 19.5 Å². The van der Waals surface area contributed by atoms with Crippen LogP contribution in [0.1, 0.15) is 47.1 Å². The van der Waals surface area contributed by atoms with Crippen LogP contribution in [0.5, 0.6) is 0 Å². The van der Waals surface area contributed by atoms with E-state index in [1.54, 1.807) is 20.8 Å². The van der Waals surface area contributed by atoms with Crippen LogP contribution in [0.3, 0.4) is 0 Å². The lowest BCUT2D eigenvalue weighted by Crippen LogP contribution is -2.34. The van der Waals surface area contributed by atoms with Crippen molar-refractivity contribution in [1.29, 1.82) is 0 Å². The first kappa shape index (κ1) is 21.0. The van der Waals surface area contributed by atoms with Crippen LogP contribution in [0, 0.1) is 0 Å². The third-order valence-corrected chi connectivity index (χ3v) is 3.78. The Balaban J connectivity index is 2.25. The van der Waals surface area contributed by atoms with Gasteiger partial charge in [-0.2, -0.15) is 0 Å². The number of hydrogen-bond donors (Lipinski definition) is 2. The summed E-state index contributed by atoms with van der Waals surface area (Å²) >= 11 is 0. The fourth-order valence-corrected chi connectivity index (χ4v) is 2.38. The zero-order chi connectivity index (χ0) is 20.9. The average Bonchev–Trinajstić information content (AvgIpc) is 2.64. The molecule has 0 spiro atoms. The molecule has 0 aliphatic heterocycles. The van der Waals surface area contributed by atoms with Crippen molar-refractivity contribution in [3.63, 3.8) is 0 Å². The molecule has 28 heavy (non-hydrogen) atoms. The van der Waals surface area contributed by atoms with Gasteiger partial charge in [-0.3, -0.25) is 9.69 Å². The van der Waals surface area contributed by atoms with Crippen molar-refractivity contribution >= 4 is 23.7 Å². The Morgan fingerprint density at radius 2 is 1.64 bits per heavy atom. The summed E-state index contributed by atoms with van der Waals surface area (Å²) in [4.78, 5) is 37.4. The van der Waals surface area contributed by atoms with Crippen LogP contribution in [-0.2, 0) is 11.3 Å². The summed E-state index contributed by atoms with van der Waals surface area (Å²) < 4.78 is 5.30. The van der Waals surface area contributed by atoms with Crippen molar-refractivity contribution in [3.8, 4) is 0 Å². The number of carboxylic acids is 1. The third-order valence-electron chi connectivity index (χ3n) is 3.78. The third kappa shape index (κ3) is 5.84. The predicted octanol–water partition coefficient (Wildman–Crippen LogP) is 3.69. The molecule has 0 fully saturated rings. The molecule has 7 heteroatoms. The molecule has 2 aromatic rings. The molecule has 0 saturated carbocycles. The number of ether oxygens (including phenoxy) is 1. The van der Waals surface area contributed by atoms with Crippen molar-refractivity contribution in [3.05, 3.63) is 65.2 Å². The molecule has 2 N–H and O–H groups in total. The van der Waals surface area contributed by atoms with Crippen LogP contribution in [0.15, 0.2) is 48.5 Å². The zero-order valence-corrected chi connectivity index (χ0v) is 16.4. The number of carboxylic acid groups (broad SMARTS) is 1. The van der Waals surface area contributed by atoms with Crippen LogP contribution >= 0.6 is 0 Å². The molecule has 0 atom stereocenters. The smallest absolute Gasteiger partial charge is 0.414 e. The topological polar surface area (TPSA) is 95.9 Å². The van der Waals surface area contributed by atoms with Crippen LogP contribution in [0.25, 0.3) is 0 Å². The highest BCUT2D eigenvalue weighted by atomic mass is 16.6. The Bertz CT molecular complexity index is 872. The molecule has 0 bridgehead atoms. The van der Waals surface area contributed by atoms with E-state index in [1.165, 1.54) is 30.1 Å². The minimum Gasteiger partial charge on any atom is -0.478 e. The minimum absolute atomic E-state index is 0.0993. The maximum absolute atomic E-state index is 12.5. The van der Waals surface area contributed by atoms with Crippen molar-refractivity contribution in [2.24, 2.45) is 0 Å². The molecule has 0 unspecified atom stereocenters. The van der Waals surface area contributed by atoms with E-state index in [-0.39, 0.29) is 16.8 Å². The standard InChI is InChI=1S/C21H24N2O5/c1-21(2,3)28-20(27)23(4)17-11-15(10-16(12-17)19(25)26)18(24)22-13-14-8-6-5-7-9-14/h5-12H,13H2,1-4H3,(H,22,24)(H,25,26). The first-order chi connectivity index (χ1) is 13.1. The van der Waals surface area contributed by atoms with Gasteiger partial charge in [-0.15, -0.1) is 0 Å². The van der Waals surface area contributed by atoms with Gasteiger partial charge in [-0.1, -0.05) is 30.3 Å². The largest absolute Gasteiger partial charge is 0.478 e. The maximum Gasteiger partial charge on any atom is 0.414 e. The monoisotopic (exact) mass is 384 g/mol. The van der Waals surface area contributed by atoms with Gasteiger partial charge in [0.25, 0.3) is 5.91 Å². The second-order valence-electron chi connectivity index (χ2n) is 7.28. The molecule has 0 aliphatic rings. The highest BCUT2D eigenvalue weighted by Gasteiger charge is 2.22. The summed E-state index contributed by atoms with van der Waals surface area (Å²) in [5.41, 5.74) is 0.500. The second kappa shape index (κ2) is 8.56. The normalized spacial score (nSPS) is 10.9. The van der Waals surface area contributed by atoms with E-state index >= 15 is 0 Å². The summed E-state index contributed by atoms with van der Waals surface area (Å²) in [5.74, 6) is -1.64. The Morgan fingerprint density at radius 3 is 2.21 bits per heavy atom. The lowest BCUT2D eigenvalue weighted by molar-refractivity contribution is 0.0587. The van der Waals surface area contributed by atoms with Crippen LogP contribution in [0.2, 0.25) is 0 Å². The number of carbonyl (C=O) groups excluding carboxylic acids is 2. The summed E-state index contributed by atoms with van der Waals surface area (Å²) in [7, 11) is 1.46. The fraction of sp³-hybridized carbons (Fsp3) is 0.286. The van der Waals surface area contributed by atoms with Crippen molar-refractivity contribution < 1.29 is 24.2 Å². The number of amides is 2. The van der Waals surface area contributed by atoms with Gasteiger partial charge in [0, 0.05) is 24.8 Å². The Morgan fingerprint density at radius 1 is 1.04 bits per heavy atom. The molecule has 2 rings (SSSR count). The predicted molar refractivity (Wildman–Crippen MR) is 106 cm³/mol. The van der Waals surface area contributed by atoms with Crippen molar-refractivity contribution in [2.45, 2.75) is 32.9 Å². The molecule has 0 aromatic heterocycles. The highest BCUT2D eigenvalue weighted by molar-refractivity contribution is 6.00. The van der Waals surface area contributed by atoms with Gasteiger partial charge in [0.15, 0.2) is 0 Å². The number of rotatable bonds is 5. The number of nitrogens with one attached hydrogen (secondary N) is 1. The first-order valence-corrected chi connectivity index (χ1v) is 8.74. The number of hydrogen-bond acceptors (Lipinski definition) is 4. The summed E-state index contributed by atoms with van der Waals surface area (Å²) in [6, 6.07) is 13.4. The summed E-state index contributed by atoms with van der Waals surface area (Å²) in [5, 5.41) is 12.1. The lowest BCUT2D eigenvalue weighted by atomic mass is 10.1. The zero-order valence-electron chi connectivity index (χ0n) is 16.4. The van der Waals surface area contributed by atoms with Crippen LogP contribution in [0.4, 0.5) is 10.5 Å². The number of anilines is 1. The van der Waals surface area contributed by atoms with E-state index in [0.717, 1.165) is 5.56 Å². The van der Waals surface area contributed by atoms with Crippen LogP contribution < -0.4 is 10.2 Å². The number of carbonyl (C=O) groups is 3. The molecule has 0 aliphatic carbocycles. The van der Waals surface area contributed by atoms with Gasteiger partial charge in [-0.05, 0) is 44.5 Å². The van der Waals surface area contributed by atoms with Crippen molar-refractivity contribution in [1.82, 2.24) is 5.32 Å². The van der Waals surface area contributed by atoms with Gasteiger partial charge in [0.05, 0.1) is 5.56 Å². The van der Waals surface area contributed by atoms with E-state index in [1.807, 2.05) is 30.3 Å². The molecule has 2 amide bonds. The van der Waals surface area contributed by atoms with E-state index in [2.05, 4.69) is 5.32 Å². The molecule has 7 nitrogen and oxygen atoms in total. The average molecular weight is 384 g/mol. The first-order valence-electron chi connectivity index (χ1n) is 8.74. The van der Waals surface area contributed by atoms with Crippen LogP contribution in [-0.4, -0.2) is 35.7 Å². The van der Waals surface area contributed by atoms with E-state index in [0.29, 0.717) is 6.54 Å². The summed E-state index contributed by atoms with van der Waals surface area (Å²) in [6.07, 6.45) is -0.648. The Labute approximate surface area is 163 Å². The van der Waals surface area contributed by atoms with Gasteiger partial charge in [0.2, 0.25) is 0 Å². The minimum atomic E-state index is -1.20. The number of aromatic carboxylic acids is 1. The fourth-order valence-electron chi connectivity index (χ4n) is 2.38. The Hall–Kier alpha value is -3.35. The molecule has 0 heterocycles. The quantitative estimate of drug-likeness (QED) is 0.820. The second-order valence-corrected chi connectivity index (χ2v) is 7.28. The molecule has 0 radical (unpaired) electrons. The lowest BCUT2D eigenvalue weighted by Gasteiger charge is -2.25. The SMILES string of the molecule is CN(C(=O)OC(C)(C)C)c1cc(C(=O)O)cc(C(=O)NCc2ccccc2)c1. The number of nitrogens with zero attached hydrogens (tertiary/aromatic N) is 1. The van der Waals surface area contributed by atoms with Gasteiger partial charge in [-0.25, -0.2) is 9.59 Å². The maximum atomic E-state index is 12.5. The van der Waals surface area contributed by atoms with Crippen molar-refractivity contribution in [2.75, 3.05) is 11.9 Å². The molecule has 2 aromatic carbocycles. The van der Waals surface area contributed by atoms with E-state index < -0.39 is 23.6 Å². The van der Waals surface area contributed by atoms with Gasteiger partial charge in [0.1, 0.15) is 5.60 Å². The Kier molecular flexibility index (Phi) is 6.41. The highest BCUT2D eigenvalue weighted by Crippen LogP contribution is 2.21.